The molecule has 3 rings (SSSR count). The van der Waals surface area contributed by atoms with Crippen LogP contribution in [-0.2, 0) is 4.79 Å². The van der Waals surface area contributed by atoms with Gasteiger partial charge in [-0.15, -0.1) is 0 Å². The van der Waals surface area contributed by atoms with E-state index < -0.39 is 16.8 Å². The van der Waals surface area contributed by atoms with Crippen molar-refractivity contribution < 1.29 is 28.7 Å². The number of aryl methyl sites for hydroxylation is 1. The summed E-state index contributed by atoms with van der Waals surface area (Å²) < 4.78 is 16.5. The van der Waals surface area contributed by atoms with E-state index in [-0.39, 0.29) is 23.6 Å². The quantitative estimate of drug-likeness (QED) is 0.147. The first-order chi connectivity index (χ1) is 17.3. The number of non-ortho nitro benzene ring substituents is 1. The monoisotopic (exact) mass is 491 g/mol. The van der Waals surface area contributed by atoms with Crippen molar-refractivity contribution in [3.05, 3.63) is 93.0 Å². The molecule has 0 spiro atoms. The van der Waals surface area contributed by atoms with E-state index in [2.05, 4.69) is 10.5 Å². The standard InChI is InChI=1S/C26H25N3O7/c1-4-34-24-14-19(15-27-28-25(30)16-35-22-7-5-6-17(2)18(22)3)8-13-23(24)36-26(31)20-9-11-21(12-10-20)29(32)33/h5-15H,4,16H2,1-3H3,(H,28,30)/b27-15+. The van der Waals surface area contributed by atoms with E-state index >= 15 is 0 Å². The SMILES string of the molecule is CCOc1cc(/C=N/NC(=O)COc2cccc(C)c2C)ccc1OC(=O)c1ccc([N+](=O)[O-])cc1. The molecule has 1 N–H and O–H groups in total. The molecule has 3 aromatic carbocycles. The summed E-state index contributed by atoms with van der Waals surface area (Å²) in [6, 6.07) is 15.4. The predicted molar refractivity (Wildman–Crippen MR) is 133 cm³/mol. The number of rotatable bonds is 10. The van der Waals surface area contributed by atoms with E-state index in [4.69, 9.17) is 14.2 Å². The first-order valence-corrected chi connectivity index (χ1v) is 11.0. The Kier molecular flexibility index (Phi) is 8.71. The maximum absolute atomic E-state index is 12.5. The summed E-state index contributed by atoms with van der Waals surface area (Å²) in [6.07, 6.45) is 1.42. The van der Waals surface area contributed by atoms with E-state index in [1.54, 1.807) is 25.1 Å². The smallest absolute Gasteiger partial charge is 0.343 e. The Bertz CT molecular complexity index is 1290. The van der Waals surface area contributed by atoms with Gasteiger partial charge in [-0.2, -0.15) is 5.10 Å². The zero-order chi connectivity index (χ0) is 26.1. The summed E-state index contributed by atoms with van der Waals surface area (Å²) >= 11 is 0. The molecule has 0 heterocycles. The Morgan fingerprint density at radius 3 is 2.44 bits per heavy atom. The van der Waals surface area contributed by atoms with Gasteiger partial charge >= 0.3 is 5.97 Å². The number of hydrazone groups is 1. The number of hydrogen-bond donors (Lipinski definition) is 1. The van der Waals surface area contributed by atoms with Gasteiger partial charge in [-0.1, -0.05) is 12.1 Å². The summed E-state index contributed by atoms with van der Waals surface area (Å²) in [5, 5.41) is 14.7. The fourth-order valence-electron chi connectivity index (χ4n) is 3.07. The molecule has 0 fully saturated rings. The number of amides is 1. The van der Waals surface area contributed by atoms with Crippen molar-refractivity contribution in [3.63, 3.8) is 0 Å². The van der Waals surface area contributed by atoms with Crippen LogP contribution >= 0.6 is 0 Å². The summed E-state index contributed by atoms with van der Waals surface area (Å²) in [7, 11) is 0. The fraction of sp³-hybridized carbons (Fsp3) is 0.192. The number of nitro benzene ring substituents is 1. The first-order valence-electron chi connectivity index (χ1n) is 11.0. The number of nitro groups is 1. The van der Waals surface area contributed by atoms with Gasteiger partial charge in [-0.05, 0) is 73.9 Å². The van der Waals surface area contributed by atoms with Crippen molar-refractivity contribution in [2.45, 2.75) is 20.8 Å². The third kappa shape index (κ3) is 6.89. The van der Waals surface area contributed by atoms with Gasteiger partial charge in [0.05, 0.1) is 23.3 Å². The lowest BCUT2D eigenvalue weighted by molar-refractivity contribution is -0.384. The molecule has 36 heavy (non-hydrogen) atoms. The van der Waals surface area contributed by atoms with Gasteiger partial charge in [-0.3, -0.25) is 14.9 Å². The molecule has 1 amide bonds. The van der Waals surface area contributed by atoms with Crippen molar-refractivity contribution >= 4 is 23.8 Å². The molecule has 0 bridgehead atoms. The molecule has 0 aliphatic heterocycles. The summed E-state index contributed by atoms with van der Waals surface area (Å²) in [6.45, 7) is 5.78. The second-order valence-electron chi connectivity index (χ2n) is 7.61. The maximum atomic E-state index is 12.5. The third-order valence-electron chi connectivity index (χ3n) is 5.10. The lowest BCUT2D eigenvalue weighted by Crippen LogP contribution is -2.24. The van der Waals surface area contributed by atoms with E-state index in [1.807, 2.05) is 26.0 Å². The average Bonchev–Trinajstić information content (AvgIpc) is 2.86. The van der Waals surface area contributed by atoms with Crippen LogP contribution < -0.4 is 19.6 Å². The van der Waals surface area contributed by atoms with Crippen LogP contribution in [0.15, 0.2) is 65.8 Å². The minimum atomic E-state index is -0.691. The van der Waals surface area contributed by atoms with E-state index in [0.717, 1.165) is 11.1 Å². The number of carbonyl (C=O) groups excluding carboxylic acids is 2. The first kappa shape index (κ1) is 25.9. The predicted octanol–water partition coefficient (Wildman–Crippen LogP) is 4.36. The largest absolute Gasteiger partial charge is 0.490 e. The highest BCUT2D eigenvalue weighted by Crippen LogP contribution is 2.29. The van der Waals surface area contributed by atoms with Crippen LogP contribution in [-0.4, -0.2) is 36.2 Å². The van der Waals surface area contributed by atoms with Gasteiger partial charge in [0, 0.05) is 12.1 Å². The molecule has 0 unspecified atom stereocenters. The van der Waals surface area contributed by atoms with Crippen LogP contribution in [0.1, 0.15) is 34.0 Å². The lowest BCUT2D eigenvalue weighted by Gasteiger charge is -2.11. The summed E-state index contributed by atoms with van der Waals surface area (Å²) in [5.74, 6) is -0.0202. The summed E-state index contributed by atoms with van der Waals surface area (Å²) in [4.78, 5) is 34.8. The molecular formula is C26H25N3O7. The molecule has 10 heteroatoms. The molecular weight excluding hydrogens is 466 g/mol. The molecule has 10 nitrogen and oxygen atoms in total. The zero-order valence-electron chi connectivity index (χ0n) is 20.0. The van der Waals surface area contributed by atoms with Gasteiger partial charge in [-0.25, -0.2) is 10.2 Å². The zero-order valence-corrected chi connectivity index (χ0v) is 20.0. The number of ether oxygens (including phenoxy) is 3. The minimum absolute atomic E-state index is 0.130. The molecule has 0 radical (unpaired) electrons. The highest BCUT2D eigenvalue weighted by molar-refractivity contribution is 5.92. The van der Waals surface area contributed by atoms with Crippen molar-refractivity contribution in [1.82, 2.24) is 5.43 Å². The van der Waals surface area contributed by atoms with E-state index in [1.165, 1.54) is 36.5 Å². The van der Waals surface area contributed by atoms with Crippen molar-refractivity contribution in [2.75, 3.05) is 13.2 Å². The van der Waals surface area contributed by atoms with E-state index in [9.17, 15) is 19.7 Å². The van der Waals surface area contributed by atoms with Crippen molar-refractivity contribution in [1.29, 1.82) is 0 Å². The number of carbonyl (C=O) groups is 2. The van der Waals surface area contributed by atoms with Gasteiger partial charge in [0.25, 0.3) is 11.6 Å². The fourth-order valence-corrected chi connectivity index (χ4v) is 3.07. The number of nitrogens with zero attached hydrogens (tertiary/aromatic N) is 2. The normalized spacial score (nSPS) is 10.6. The van der Waals surface area contributed by atoms with Gasteiger partial charge < -0.3 is 14.2 Å². The number of nitrogens with one attached hydrogen (secondary N) is 1. The number of esters is 1. The van der Waals surface area contributed by atoms with Crippen molar-refractivity contribution in [2.24, 2.45) is 5.10 Å². The number of benzene rings is 3. The average molecular weight is 492 g/mol. The van der Waals surface area contributed by atoms with E-state index in [0.29, 0.717) is 23.7 Å². The third-order valence-corrected chi connectivity index (χ3v) is 5.10. The second kappa shape index (κ2) is 12.1. The Labute approximate surface area is 207 Å². The van der Waals surface area contributed by atoms with Crippen LogP contribution in [0, 0.1) is 24.0 Å². The van der Waals surface area contributed by atoms with Gasteiger partial charge in [0.1, 0.15) is 5.75 Å². The Balaban J connectivity index is 1.61. The highest BCUT2D eigenvalue weighted by atomic mass is 16.6. The van der Waals surface area contributed by atoms with Crippen molar-refractivity contribution in [3.8, 4) is 17.2 Å². The molecule has 0 atom stereocenters. The molecule has 0 saturated heterocycles. The second-order valence-corrected chi connectivity index (χ2v) is 7.61. The summed E-state index contributed by atoms with van der Waals surface area (Å²) in [5.41, 5.74) is 5.04. The topological polar surface area (TPSA) is 129 Å². The molecule has 3 aromatic rings. The van der Waals surface area contributed by atoms with Crippen LogP contribution in [0.5, 0.6) is 17.2 Å². The van der Waals surface area contributed by atoms with Gasteiger partial charge in [0.15, 0.2) is 18.1 Å². The van der Waals surface area contributed by atoms with Crippen LogP contribution in [0.2, 0.25) is 0 Å². The molecule has 0 saturated carbocycles. The van der Waals surface area contributed by atoms with Gasteiger partial charge in [0.2, 0.25) is 0 Å². The van der Waals surface area contributed by atoms with Crippen LogP contribution in [0.25, 0.3) is 0 Å². The lowest BCUT2D eigenvalue weighted by atomic mass is 10.1. The van der Waals surface area contributed by atoms with Crippen LogP contribution in [0.3, 0.4) is 0 Å². The Morgan fingerprint density at radius 2 is 1.75 bits per heavy atom. The minimum Gasteiger partial charge on any atom is -0.490 e. The molecule has 186 valence electrons. The maximum Gasteiger partial charge on any atom is 0.343 e. The number of hydrogen-bond acceptors (Lipinski definition) is 8. The Hall–Kier alpha value is -4.73. The highest BCUT2D eigenvalue weighted by Gasteiger charge is 2.15. The molecule has 0 aliphatic carbocycles. The molecule has 0 aliphatic rings. The molecule has 0 aromatic heterocycles. The van der Waals surface area contributed by atoms with Crippen LogP contribution in [0.4, 0.5) is 5.69 Å². The Morgan fingerprint density at radius 1 is 1.00 bits per heavy atom.